The number of hydrogen-bond acceptors (Lipinski definition) is 5. The quantitative estimate of drug-likeness (QED) is 0.301. The Morgan fingerprint density at radius 1 is 1.13 bits per heavy atom. The summed E-state index contributed by atoms with van der Waals surface area (Å²) in [5.41, 5.74) is 1.14. The Kier molecular flexibility index (Phi) is 9.34. The molecule has 1 amide bonds. The number of nitrogens with zero attached hydrogens (tertiary/aromatic N) is 1. The average Bonchev–Trinajstić information content (AvgIpc) is 2.73. The molecule has 0 aliphatic heterocycles. The van der Waals surface area contributed by atoms with Gasteiger partial charge in [-0.2, -0.15) is 8.78 Å². The predicted octanol–water partition coefficient (Wildman–Crippen LogP) is 3.00. The second-order valence-corrected chi connectivity index (χ2v) is 6.26. The summed E-state index contributed by atoms with van der Waals surface area (Å²) < 4.78 is 40.6. The van der Waals surface area contributed by atoms with Gasteiger partial charge in [-0.1, -0.05) is 6.07 Å². The number of amides is 1. The monoisotopic (exact) mass is 436 g/mol. The molecular formula is C21H26F2N4O4. The van der Waals surface area contributed by atoms with E-state index in [-0.39, 0.29) is 18.2 Å². The first-order chi connectivity index (χ1) is 14.9. The van der Waals surface area contributed by atoms with E-state index in [0.717, 1.165) is 0 Å². The smallest absolute Gasteiger partial charge is 0.387 e. The zero-order valence-electron chi connectivity index (χ0n) is 17.6. The molecule has 0 aliphatic rings. The van der Waals surface area contributed by atoms with Gasteiger partial charge in [-0.15, -0.1) is 0 Å². The zero-order chi connectivity index (χ0) is 22.6. The Labute approximate surface area is 179 Å². The van der Waals surface area contributed by atoms with Gasteiger partial charge in [0.25, 0.3) is 0 Å². The van der Waals surface area contributed by atoms with Gasteiger partial charge in [0.15, 0.2) is 5.96 Å². The van der Waals surface area contributed by atoms with Crippen LogP contribution >= 0.6 is 0 Å². The number of guanidine groups is 1. The van der Waals surface area contributed by atoms with Crippen molar-refractivity contribution >= 4 is 17.6 Å². The van der Waals surface area contributed by atoms with Gasteiger partial charge in [-0.05, 0) is 30.3 Å². The number of hydrogen-bond donors (Lipinski definition) is 3. The zero-order valence-corrected chi connectivity index (χ0v) is 17.6. The van der Waals surface area contributed by atoms with Gasteiger partial charge in [0.2, 0.25) is 5.91 Å². The molecule has 2 rings (SSSR count). The van der Waals surface area contributed by atoms with E-state index in [1.807, 2.05) is 0 Å². The molecule has 0 radical (unpaired) electrons. The lowest BCUT2D eigenvalue weighted by Crippen LogP contribution is -2.39. The van der Waals surface area contributed by atoms with Crippen molar-refractivity contribution in [1.29, 1.82) is 0 Å². The summed E-state index contributed by atoms with van der Waals surface area (Å²) in [6, 6.07) is 11.6. The lowest BCUT2D eigenvalue weighted by molar-refractivity contribution is -0.114. The summed E-state index contributed by atoms with van der Waals surface area (Å²) in [5.74, 6) is 1.49. The molecule has 0 aliphatic carbocycles. The standard InChI is InChI=1S/C21H26F2N4O4/c1-14(28)27-16-5-4-6-18(12-16)30-10-9-25-21(24-2)26-13-15-11-17(29-3)7-8-19(15)31-20(22)23/h4-8,11-12,20H,9-10,13H2,1-3H3,(H,27,28)(H2,24,25,26). The molecule has 2 aromatic rings. The first-order valence-electron chi connectivity index (χ1n) is 9.48. The highest BCUT2D eigenvalue weighted by atomic mass is 19.3. The summed E-state index contributed by atoms with van der Waals surface area (Å²) in [4.78, 5) is 15.2. The predicted molar refractivity (Wildman–Crippen MR) is 114 cm³/mol. The van der Waals surface area contributed by atoms with E-state index in [0.29, 0.717) is 41.9 Å². The molecule has 0 saturated heterocycles. The van der Waals surface area contributed by atoms with Crippen LogP contribution in [0.1, 0.15) is 12.5 Å². The van der Waals surface area contributed by atoms with Gasteiger partial charge in [-0.3, -0.25) is 9.79 Å². The highest BCUT2D eigenvalue weighted by Gasteiger charge is 2.11. The van der Waals surface area contributed by atoms with Gasteiger partial charge in [-0.25, -0.2) is 0 Å². The third kappa shape index (κ3) is 8.37. The normalized spacial score (nSPS) is 11.1. The minimum absolute atomic E-state index is 0.0566. The van der Waals surface area contributed by atoms with E-state index in [4.69, 9.17) is 9.47 Å². The highest BCUT2D eigenvalue weighted by molar-refractivity contribution is 5.88. The van der Waals surface area contributed by atoms with Gasteiger partial charge in [0, 0.05) is 37.8 Å². The number of aliphatic imine (C=N–C) groups is 1. The van der Waals surface area contributed by atoms with E-state index < -0.39 is 6.61 Å². The van der Waals surface area contributed by atoms with Crippen molar-refractivity contribution in [1.82, 2.24) is 10.6 Å². The van der Waals surface area contributed by atoms with Crippen LogP contribution in [0, 0.1) is 0 Å². The summed E-state index contributed by atoms with van der Waals surface area (Å²) in [5, 5.41) is 8.79. The van der Waals surface area contributed by atoms with E-state index in [1.165, 1.54) is 20.1 Å². The Morgan fingerprint density at radius 2 is 1.94 bits per heavy atom. The molecule has 0 heterocycles. The number of benzene rings is 2. The van der Waals surface area contributed by atoms with Crippen LogP contribution < -0.4 is 30.2 Å². The van der Waals surface area contributed by atoms with Crippen LogP contribution in [0.4, 0.5) is 14.5 Å². The number of halogens is 2. The van der Waals surface area contributed by atoms with Crippen LogP contribution in [0.15, 0.2) is 47.5 Å². The van der Waals surface area contributed by atoms with Crippen LogP contribution in [0.5, 0.6) is 17.2 Å². The maximum Gasteiger partial charge on any atom is 0.387 e. The number of alkyl halides is 2. The molecule has 0 fully saturated rings. The Bertz CT molecular complexity index is 893. The van der Waals surface area contributed by atoms with Crippen molar-refractivity contribution in [3.63, 3.8) is 0 Å². The van der Waals surface area contributed by atoms with Crippen molar-refractivity contribution in [2.75, 3.05) is 32.6 Å². The van der Waals surface area contributed by atoms with Gasteiger partial charge in [0.1, 0.15) is 23.9 Å². The fourth-order valence-electron chi connectivity index (χ4n) is 2.64. The number of nitrogens with one attached hydrogen (secondary N) is 3. The molecule has 10 heteroatoms. The van der Waals surface area contributed by atoms with Crippen LogP contribution in [-0.2, 0) is 11.3 Å². The largest absolute Gasteiger partial charge is 0.497 e. The molecule has 0 aromatic heterocycles. The van der Waals surface area contributed by atoms with Gasteiger partial charge >= 0.3 is 6.61 Å². The first-order valence-corrected chi connectivity index (χ1v) is 9.48. The van der Waals surface area contributed by atoms with Crippen LogP contribution in [0.25, 0.3) is 0 Å². The minimum Gasteiger partial charge on any atom is -0.497 e. The maximum atomic E-state index is 12.6. The summed E-state index contributed by atoms with van der Waals surface area (Å²) >= 11 is 0. The third-order valence-corrected chi connectivity index (χ3v) is 3.97. The Balaban J connectivity index is 1.85. The van der Waals surface area contributed by atoms with Crippen molar-refractivity contribution in [3.05, 3.63) is 48.0 Å². The molecule has 2 aromatic carbocycles. The average molecular weight is 436 g/mol. The molecule has 8 nitrogen and oxygen atoms in total. The number of anilines is 1. The molecule has 3 N–H and O–H groups in total. The molecule has 0 atom stereocenters. The van der Waals surface area contributed by atoms with Gasteiger partial charge in [0.05, 0.1) is 13.7 Å². The van der Waals surface area contributed by atoms with Crippen molar-refractivity contribution in [2.24, 2.45) is 4.99 Å². The van der Waals surface area contributed by atoms with Gasteiger partial charge < -0.3 is 30.2 Å². The molecule has 0 spiro atoms. The highest BCUT2D eigenvalue weighted by Crippen LogP contribution is 2.25. The number of rotatable bonds is 10. The van der Waals surface area contributed by atoms with Crippen LogP contribution in [0.2, 0.25) is 0 Å². The lowest BCUT2D eigenvalue weighted by atomic mass is 10.2. The van der Waals surface area contributed by atoms with Crippen LogP contribution in [-0.4, -0.2) is 45.8 Å². The second-order valence-electron chi connectivity index (χ2n) is 6.26. The molecule has 168 valence electrons. The SMILES string of the molecule is CN=C(NCCOc1cccc(NC(C)=O)c1)NCc1cc(OC)ccc1OC(F)F. The van der Waals surface area contributed by atoms with E-state index >= 15 is 0 Å². The maximum absolute atomic E-state index is 12.6. The van der Waals surface area contributed by atoms with Crippen molar-refractivity contribution in [2.45, 2.75) is 20.1 Å². The van der Waals surface area contributed by atoms with E-state index in [1.54, 1.807) is 43.4 Å². The molecule has 0 unspecified atom stereocenters. The Hall–Kier alpha value is -3.56. The first kappa shape index (κ1) is 23.7. The van der Waals surface area contributed by atoms with Crippen molar-refractivity contribution < 1.29 is 27.8 Å². The topological polar surface area (TPSA) is 93.2 Å². The van der Waals surface area contributed by atoms with Crippen LogP contribution in [0.3, 0.4) is 0 Å². The van der Waals surface area contributed by atoms with Crippen molar-refractivity contribution in [3.8, 4) is 17.2 Å². The lowest BCUT2D eigenvalue weighted by Gasteiger charge is -2.15. The number of methoxy groups -OCH3 is 1. The summed E-state index contributed by atoms with van der Waals surface area (Å²) in [7, 11) is 3.09. The summed E-state index contributed by atoms with van der Waals surface area (Å²) in [6.07, 6.45) is 0. The summed E-state index contributed by atoms with van der Waals surface area (Å²) in [6.45, 7) is -0.528. The molecular weight excluding hydrogens is 410 g/mol. The van der Waals surface area contributed by atoms with E-state index in [2.05, 4.69) is 25.7 Å². The van der Waals surface area contributed by atoms with E-state index in [9.17, 15) is 13.6 Å². The molecule has 31 heavy (non-hydrogen) atoms. The fourth-order valence-corrected chi connectivity index (χ4v) is 2.64. The minimum atomic E-state index is -2.93. The number of carbonyl (C=O) groups excluding carboxylic acids is 1. The number of ether oxygens (including phenoxy) is 3. The molecule has 0 saturated carbocycles. The molecule has 0 bridgehead atoms. The Morgan fingerprint density at radius 3 is 2.61 bits per heavy atom. The second kappa shape index (κ2) is 12.2. The number of carbonyl (C=O) groups is 1. The third-order valence-electron chi connectivity index (χ3n) is 3.97. The fraction of sp³-hybridized carbons (Fsp3) is 0.333.